The minimum Gasteiger partial charge on any atom is -0.497 e. The molecule has 0 spiro atoms. The maximum atomic E-state index is 13.9. The Morgan fingerprint density at radius 1 is 1.22 bits per heavy atom. The molecule has 0 radical (unpaired) electrons. The molecule has 6 nitrogen and oxygen atoms in total. The Hall–Kier alpha value is -2.81. The van der Waals surface area contributed by atoms with Crippen LogP contribution in [-0.4, -0.2) is 52.8 Å². The Morgan fingerprint density at radius 3 is 2.57 bits per heavy atom. The Balaban J connectivity index is 1.38. The molecule has 0 saturated carbocycles. The highest BCUT2D eigenvalue weighted by Gasteiger charge is 2.41. The number of carboxylic acid groups (broad SMARTS) is 1. The Bertz CT molecular complexity index is 1240. The van der Waals surface area contributed by atoms with Crippen molar-refractivity contribution in [3.63, 3.8) is 0 Å². The van der Waals surface area contributed by atoms with Crippen LogP contribution in [0.25, 0.3) is 10.9 Å². The topological polar surface area (TPSA) is 82.9 Å². The van der Waals surface area contributed by atoms with E-state index in [9.17, 15) is 23.8 Å². The van der Waals surface area contributed by atoms with Crippen molar-refractivity contribution < 1.29 is 28.5 Å². The van der Waals surface area contributed by atoms with E-state index in [0.29, 0.717) is 72.6 Å². The van der Waals surface area contributed by atoms with Crippen LogP contribution in [-0.2, 0) is 11.2 Å². The second-order valence-electron chi connectivity index (χ2n) is 9.69. The summed E-state index contributed by atoms with van der Waals surface area (Å²) in [7, 11) is 1.55. The van der Waals surface area contributed by atoms with Crippen molar-refractivity contribution in [2.45, 2.75) is 44.6 Å². The summed E-state index contributed by atoms with van der Waals surface area (Å²) in [5, 5.41) is 22.2. The number of aliphatic hydroxyl groups is 1. The number of aromatic nitrogens is 1. The SMILES string of the molecule is COc1ccc2ncc(Cl)c([C@@H](O)CCC3(C(=O)O)CCN(CCCc4c(F)cccc4F)CC3)c2c1. The average molecular weight is 533 g/mol. The fraction of sp³-hybridized carbons (Fsp3) is 0.429. The summed E-state index contributed by atoms with van der Waals surface area (Å²) < 4.78 is 33.0. The molecule has 2 N–H and O–H groups in total. The first-order chi connectivity index (χ1) is 17.7. The van der Waals surface area contributed by atoms with Gasteiger partial charge in [-0.2, -0.15) is 0 Å². The number of carbonyl (C=O) groups is 1. The summed E-state index contributed by atoms with van der Waals surface area (Å²) in [5.74, 6) is -1.34. The Labute approximate surface area is 219 Å². The number of hydrogen-bond donors (Lipinski definition) is 2. The second-order valence-corrected chi connectivity index (χ2v) is 10.1. The highest BCUT2D eigenvalue weighted by molar-refractivity contribution is 6.32. The molecule has 1 aliphatic heterocycles. The molecule has 9 heteroatoms. The van der Waals surface area contributed by atoms with Gasteiger partial charge < -0.3 is 19.8 Å². The highest BCUT2D eigenvalue weighted by atomic mass is 35.5. The van der Waals surface area contributed by atoms with E-state index >= 15 is 0 Å². The molecular formula is C28H31ClF2N2O4. The number of likely N-dealkylation sites (tertiary alicyclic amines) is 1. The summed E-state index contributed by atoms with van der Waals surface area (Å²) in [6.07, 6.45) is 2.79. The van der Waals surface area contributed by atoms with Crippen molar-refractivity contribution in [3.05, 3.63) is 70.4 Å². The molecule has 198 valence electrons. The van der Waals surface area contributed by atoms with Gasteiger partial charge in [0.1, 0.15) is 17.4 Å². The number of halogens is 3. The fourth-order valence-corrected chi connectivity index (χ4v) is 5.49. The minimum atomic E-state index is -0.963. The largest absolute Gasteiger partial charge is 0.497 e. The first kappa shape index (κ1) is 27.2. The van der Waals surface area contributed by atoms with E-state index in [2.05, 4.69) is 9.88 Å². The van der Waals surface area contributed by atoms with E-state index in [0.717, 1.165) is 0 Å². The number of aliphatic hydroxyl groups excluding tert-OH is 1. The molecule has 0 aliphatic carbocycles. The molecule has 0 unspecified atom stereocenters. The van der Waals surface area contributed by atoms with Gasteiger partial charge in [0.15, 0.2) is 0 Å². The molecule has 1 atom stereocenters. The summed E-state index contributed by atoms with van der Waals surface area (Å²) in [4.78, 5) is 18.8. The van der Waals surface area contributed by atoms with Gasteiger partial charge in [0, 0.05) is 22.7 Å². The van der Waals surface area contributed by atoms with Gasteiger partial charge in [0.25, 0.3) is 0 Å². The molecule has 1 fully saturated rings. The van der Waals surface area contributed by atoms with Crippen molar-refractivity contribution in [2.75, 3.05) is 26.7 Å². The van der Waals surface area contributed by atoms with E-state index in [1.807, 2.05) is 0 Å². The predicted molar refractivity (Wildman–Crippen MR) is 138 cm³/mol. The van der Waals surface area contributed by atoms with Gasteiger partial charge in [-0.15, -0.1) is 0 Å². The monoisotopic (exact) mass is 532 g/mol. The van der Waals surface area contributed by atoms with Gasteiger partial charge in [-0.05, 0) is 88.5 Å². The molecule has 2 aromatic carbocycles. The predicted octanol–water partition coefficient (Wildman–Crippen LogP) is 5.79. The van der Waals surface area contributed by atoms with Crippen LogP contribution in [0.2, 0.25) is 5.02 Å². The first-order valence-electron chi connectivity index (χ1n) is 12.4. The van der Waals surface area contributed by atoms with Crippen molar-refractivity contribution >= 4 is 28.5 Å². The van der Waals surface area contributed by atoms with Gasteiger partial charge in [0.05, 0.1) is 29.2 Å². The highest BCUT2D eigenvalue weighted by Crippen LogP contribution is 2.41. The van der Waals surface area contributed by atoms with Crippen LogP contribution in [0.15, 0.2) is 42.6 Å². The average Bonchev–Trinajstić information content (AvgIpc) is 2.89. The zero-order valence-electron chi connectivity index (χ0n) is 20.7. The number of benzene rings is 2. The number of methoxy groups -OCH3 is 1. The van der Waals surface area contributed by atoms with Gasteiger partial charge in [-0.25, -0.2) is 8.78 Å². The van der Waals surface area contributed by atoms with Crippen molar-refractivity contribution in [1.29, 1.82) is 0 Å². The maximum Gasteiger partial charge on any atom is 0.309 e. The van der Waals surface area contributed by atoms with Gasteiger partial charge in [-0.1, -0.05) is 17.7 Å². The molecule has 3 aromatic rings. The third-order valence-electron chi connectivity index (χ3n) is 7.53. The van der Waals surface area contributed by atoms with Crippen LogP contribution in [0.3, 0.4) is 0 Å². The summed E-state index contributed by atoms with van der Waals surface area (Å²) >= 11 is 6.41. The van der Waals surface area contributed by atoms with Crippen molar-refractivity contribution in [3.8, 4) is 5.75 Å². The van der Waals surface area contributed by atoms with Crippen LogP contribution >= 0.6 is 11.6 Å². The first-order valence-corrected chi connectivity index (χ1v) is 12.8. The number of rotatable bonds is 10. The molecule has 37 heavy (non-hydrogen) atoms. The number of nitrogens with zero attached hydrogens (tertiary/aromatic N) is 2. The van der Waals surface area contributed by atoms with Crippen LogP contribution in [0.1, 0.15) is 49.3 Å². The van der Waals surface area contributed by atoms with E-state index in [1.165, 1.54) is 24.4 Å². The lowest BCUT2D eigenvalue weighted by molar-refractivity contribution is -0.153. The summed E-state index contributed by atoms with van der Waals surface area (Å²) in [6, 6.07) is 9.20. The van der Waals surface area contributed by atoms with Gasteiger partial charge in [-0.3, -0.25) is 9.78 Å². The number of piperidine rings is 1. The number of fused-ring (bicyclic) bond motifs is 1. The van der Waals surface area contributed by atoms with Crippen LogP contribution in [0, 0.1) is 17.0 Å². The number of hydrogen-bond acceptors (Lipinski definition) is 5. The van der Waals surface area contributed by atoms with Crippen LogP contribution in [0.5, 0.6) is 5.75 Å². The molecule has 1 aliphatic rings. The lowest BCUT2D eigenvalue weighted by Crippen LogP contribution is -2.44. The smallest absolute Gasteiger partial charge is 0.309 e. The molecule has 1 saturated heterocycles. The second kappa shape index (κ2) is 11.7. The summed E-state index contributed by atoms with van der Waals surface area (Å²) in [5.41, 5.74) is 0.315. The Morgan fingerprint density at radius 2 is 1.92 bits per heavy atom. The third kappa shape index (κ3) is 6.03. The molecule has 0 amide bonds. The zero-order chi connectivity index (χ0) is 26.6. The lowest BCUT2D eigenvalue weighted by atomic mass is 9.74. The van der Waals surface area contributed by atoms with E-state index in [1.54, 1.807) is 25.3 Å². The molecular weight excluding hydrogens is 502 g/mol. The molecule has 0 bridgehead atoms. The number of pyridine rings is 1. The van der Waals surface area contributed by atoms with Crippen molar-refractivity contribution in [2.24, 2.45) is 5.41 Å². The third-order valence-corrected chi connectivity index (χ3v) is 7.83. The quantitative estimate of drug-likeness (QED) is 0.344. The fourth-order valence-electron chi connectivity index (χ4n) is 5.22. The maximum absolute atomic E-state index is 13.9. The van der Waals surface area contributed by atoms with E-state index in [-0.39, 0.29) is 18.4 Å². The van der Waals surface area contributed by atoms with Crippen LogP contribution < -0.4 is 4.74 Å². The Kier molecular flexibility index (Phi) is 8.62. The number of aliphatic carboxylic acids is 1. The lowest BCUT2D eigenvalue weighted by Gasteiger charge is -2.39. The van der Waals surface area contributed by atoms with Gasteiger partial charge in [0.2, 0.25) is 0 Å². The molecule has 4 rings (SSSR count). The van der Waals surface area contributed by atoms with Crippen LogP contribution in [0.4, 0.5) is 8.78 Å². The van der Waals surface area contributed by atoms with E-state index < -0.39 is 29.1 Å². The molecule has 1 aromatic heterocycles. The standard InChI is InChI=1S/C28H31ClF2N2O4/c1-37-18-7-8-24-20(16-18)26(21(29)17-32-24)25(34)9-10-28(27(35)36)11-14-33(15-12-28)13-3-4-19-22(30)5-2-6-23(19)31/h2,5-8,16-17,25,34H,3-4,9-15H2,1H3,(H,35,36)/t25-/m0/s1. The van der Waals surface area contributed by atoms with E-state index in [4.69, 9.17) is 16.3 Å². The number of ether oxygens (including phenoxy) is 1. The number of carboxylic acids is 1. The van der Waals surface area contributed by atoms with Crippen molar-refractivity contribution in [1.82, 2.24) is 9.88 Å². The molecule has 2 heterocycles. The minimum absolute atomic E-state index is 0.0910. The summed E-state index contributed by atoms with van der Waals surface area (Å²) in [6.45, 7) is 1.77. The normalized spacial score (nSPS) is 16.6. The zero-order valence-corrected chi connectivity index (χ0v) is 21.5. The van der Waals surface area contributed by atoms with Gasteiger partial charge >= 0.3 is 5.97 Å².